The van der Waals surface area contributed by atoms with Crippen molar-refractivity contribution in [2.45, 2.75) is 32.0 Å². The third-order valence-corrected chi connectivity index (χ3v) is 2.82. The Kier molecular flexibility index (Phi) is 5.02. The van der Waals surface area contributed by atoms with Crippen molar-refractivity contribution in [3.63, 3.8) is 0 Å². The molecule has 0 saturated heterocycles. The molecular formula is C13H18N2O4. The Labute approximate surface area is 111 Å². The van der Waals surface area contributed by atoms with Crippen molar-refractivity contribution in [1.82, 2.24) is 0 Å². The number of aliphatic hydroxyl groups excluding tert-OH is 1. The molecule has 1 aromatic carbocycles. The van der Waals surface area contributed by atoms with Crippen LogP contribution in [-0.4, -0.2) is 40.3 Å². The van der Waals surface area contributed by atoms with Crippen molar-refractivity contribution in [2.24, 2.45) is 5.73 Å². The molecule has 0 aliphatic rings. The van der Waals surface area contributed by atoms with Crippen LogP contribution >= 0.6 is 0 Å². The lowest BCUT2D eigenvalue weighted by Crippen LogP contribution is -2.54. The fourth-order valence-corrected chi connectivity index (χ4v) is 1.61. The first-order chi connectivity index (χ1) is 8.86. The molecule has 6 heteroatoms. The van der Waals surface area contributed by atoms with E-state index in [0.29, 0.717) is 5.69 Å². The van der Waals surface area contributed by atoms with Crippen LogP contribution in [0.5, 0.6) is 0 Å². The van der Waals surface area contributed by atoms with Gasteiger partial charge in [0.05, 0.1) is 6.10 Å². The Morgan fingerprint density at radius 2 is 1.74 bits per heavy atom. The molecule has 1 aromatic rings. The molecule has 0 radical (unpaired) electrons. The minimum atomic E-state index is -1.16. The van der Waals surface area contributed by atoms with Crippen LogP contribution in [0.3, 0.4) is 0 Å². The highest BCUT2D eigenvalue weighted by molar-refractivity contribution is 6.02. The van der Waals surface area contributed by atoms with Gasteiger partial charge in [-0.05, 0) is 26.0 Å². The molecule has 4 N–H and O–H groups in total. The van der Waals surface area contributed by atoms with Gasteiger partial charge in [-0.25, -0.2) is 4.79 Å². The Hall–Kier alpha value is -1.92. The van der Waals surface area contributed by atoms with Crippen LogP contribution in [0.15, 0.2) is 30.3 Å². The number of rotatable bonds is 5. The maximum absolute atomic E-state index is 12.2. The number of para-hydroxylation sites is 1. The van der Waals surface area contributed by atoms with E-state index in [1.54, 1.807) is 30.3 Å². The van der Waals surface area contributed by atoms with Crippen LogP contribution in [0.25, 0.3) is 0 Å². The number of anilines is 1. The highest BCUT2D eigenvalue weighted by atomic mass is 16.4. The van der Waals surface area contributed by atoms with Gasteiger partial charge in [0.15, 0.2) is 0 Å². The Morgan fingerprint density at radius 1 is 1.21 bits per heavy atom. The van der Waals surface area contributed by atoms with Crippen molar-refractivity contribution in [1.29, 1.82) is 0 Å². The van der Waals surface area contributed by atoms with Crippen LogP contribution in [0.2, 0.25) is 0 Å². The first-order valence-electron chi connectivity index (χ1n) is 5.90. The average molecular weight is 266 g/mol. The van der Waals surface area contributed by atoms with E-state index in [2.05, 4.69) is 0 Å². The largest absolute Gasteiger partial charge is 0.480 e. The molecule has 0 saturated carbocycles. The van der Waals surface area contributed by atoms with E-state index in [1.165, 1.54) is 13.8 Å². The summed E-state index contributed by atoms with van der Waals surface area (Å²) in [4.78, 5) is 24.4. The summed E-state index contributed by atoms with van der Waals surface area (Å²) in [5.74, 6) is -1.77. The van der Waals surface area contributed by atoms with Crippen molar-refractivity contribution < 1.29 is 19.8 Å². The second-order valence-corrected chi connectivity index (χ2v) is 4.32. The van der Waals surface area contributed by atoms with Crippen molar-refractivity contribution >= 4 is 17.6 Å². The van der Waals surface area contributed by atoms with Gasteiger partial charge >= 0.3 is 5.97 Å². The molecule has 104 valence electrons. The third-order valence-electron chi connectivity index (χ3n) is 2.82. The lowest BCUT2D eigenvalue weighted by atomic mass is 10.1. The number of aliphatic hydroxyl groups is 1. The molecule has 19 heavy (non-hydrogen) atoms. The summed E-state index contributed by atoms with van der Waals surface area (Å²) >= 11 is 0. The zero-order chi connectivity index (χ0) is 14.6. The Morgan fingerprint density at radius 3 is 2.16 bits per heavy atom. The van der Waals surface area contributed by atoms with Gasteiger partial charge in [-0.3, -0.25) is 9.69 Å². The summed E-state index contributed by atoms with van der Waals surface area (Å²) in [6.07, 6.45) is -1.06. The van der Waals surface area contributed by atoms with Crippen molar-refractivity contribution in [3.8, 4) is 0 Å². The second kappa shape index (κ2) is 6.31. The number of carboxylic acids is 1. The zero-order valence-corrected chi connectivity index (χ0v) is 10.9. The predicted octanol–water partition coefficient (Wildman–Crippen LogP) is 0.201. The number of carbonyl (C=O) groups is 2. The van der Waals surface area contributed by atoms with E-state index >= 15 is 0 Å². The summed E-state index contributed by atoms with van der Waals surface area (Å²) < 4.78 is 0. The number of amides is 1. The molecule has 0 aromatic heterocycles. The smallest absolute Gasteiger partial charge is 0.326 e. The summed E-state index contributed by atoms with van der Waals surface area (Å²) in [5.41, 5.74) is 6.03. The first kappa shape index (κ1) is 15.1. The van der Waals surface area contributed by atoms with E-state index in [4.69, 9.17) is 10.8 Å². The third kappa shape index (κ3) is 3.52. The van der Waals surface area contributed by atoms with Crippen LogP contribution in [0.4, 0.5) is 5.69 Å². The van der Waals surface area contributed by atoms with Gasteiger partial charge in [0.1, 0.15) is 12.1 Å². The van der Waals surface area contributed by atoms with Gasteiger partial charge in [0.25, 0.3) is 0 Å². The molecule has 6 nitrogen and oxygen atoms in total. The topological polar surface area (TPSA) is 104 Å². The lowest BCUT2D eigenvalue weighted by molar-refractivity contribution is -0.140. The van der Waals surface area contributed by atoms with Crippen LogP contribution in [0.1, 0.15) is 13.8 Å². The number of nitrogens with zero attached hydrogens (tertiary/aromatic N) is 1. The summed E-state index contributed by atoms with van der Waals surface area (Å²) in [5, 5.41) is 18.5. The molecule has 0 aliphatic carbocycles. The monoisotopic (exact) mass is 266 g/mol. The normalized spacial score (nSPS) is 15.4. The molecule has 1 rings (SSSR count). The Bertz CT molecular complexity index is 447. The van der Waals surface area contributed by atoms with Crippen molar-refractivity contribution in [2.75, 3.05) is 4.90 Å². The van der Waals surface area contributed by atoms with E-state index < -0.39 is 30.1 Å². The molecule has 0 fully saturated rings. The molecule has 0 bridgehead atoms. The molecule has 3 atom stereocenters. The fraction of sp³-hybridized carbons (Fsp3) is 0.385. The number of benzene rings is 1. The van der Waals surface area contributed by atoms with Gasteiger partial charge in [-0.15, -0.1) is 0 Å². The Balaban J connectivity index is 3.14. The number of nitrogens with two attached hydrogens (primary N) is 1. The van der Waals surface area contributed by atoms with Gasteiger partial charge < -0.3 is 15.9 Å². The van der Waals surface area contributed by atoms with E-state index in [0.717, 1.165) is 4.90 Å². The van der Waals surface area contributed by atoms with Crippen LogP contribution in [0, 0.1) is 0 Å². The number of hydrogen-bond donors (Lipinski definition) is 3. The standard InChI is InChI=1S/C13H18N2O4/c1-8(13(18)19)15(10-6-4-3-5-7-10)12(17)11(14)9(2)16/h3-9,11,16H,14H2,1-2H3,(H,18,19). The minimum Gasteiger partial charge on any atom is -0.480 e. The van der Waals surface area contributed by atoms with E-state index in [1.807, 2.05) is 0 Å². The maximum atomic E-state index is 12.2. The molecule has 0 aliphatic heterocycles. The highest BCUT2D eigenvalue weighted by Gasteiger charge is 2.32. The summed E-state index contributed by atoms with van der Waals surface area (Å²) in [7, 11) is 0. The second-order valence-electron chi connectivity index (χ2n) is 4.32. The van der Waals surface area contributed by atoms with Crippen LogP contribution < -0.4 is 10.6 Å². The average Bonchev–Trinajstić information content (AvgIpc) is 2.38. The van der Waals surface area contributed by atoms with Crippen LogP contribution in [-0.2, 0) is 9.59 Å². The summed E-state index contributed by atoms with van der Waals surface area (Å²) in [6, 6.07) is 6.14. The molecular weight excluding hydrogens is 248 g/mol. The zero-order valence-electron chi connectivity index (χ0n) is 10.9. The summed E-state index contributed by atoms with van der Waals surface area (Å²) in [6.45, 7) is 2.78. The molecule has 0 heterocycles. The minimum absolute atomic E-state index is 0.429. The molecule has 1 amide bonds. The maximum Gasteiger partial charge on any atom is 0.326 e. The van der Waals surface area contributed by atoms with Gasteiger partial charge in [0.2, 0.25) is 5.91 Å². The van der Waals surface area contributed by atoms with Gasteiger partial charge in [-0.1, -0.05) is 18.2 Å². The fourth-order valence-electron chi connectivity index (χ4n) is 1.61. The first-order valence-corrected chi connectivity index (χ1v) is 5.90. The van der Waals surface area contributed by atoms with Crippen molar-refractivity contribution in [3.05, 3.63) is 30.3 Å². The number of hydrogen-bond acceptors (Lipinski definition) is 4. The number of aliphatic carboxylic acids is 1. The molecule has 3 unspecified atom stereocenters. The SMILES string of the molecule is CC(O)C(N)C(=O)N(c1ccccc1)C(C)C(=O)O. The molecule has 0 spiro atoms. The number of carboxylic acid groups (broad SMARTS) is 1. The van der Waals surface area contributed by atoms with E-state index in [-0.39, 0.29) is 0 Å². The van der Waals surface area contributed by atoms with E-state index in [9.17, 15) is 14.7 Å². The number of carbonyl (C=O) groups excluding carboxylic acids is 1. The van der Waals surface area contributed by atoms with Gasteiger partial charge in [-0.2, -0.15) is 0 Å². The van der Waals surface area contributed by atoms with Gasteiger partial charge in [0, 0.05) is 5.69 Å². The highest BCUT2D eigenvalue weighted by Crippen LogP contribution is 2.18. The quantitative estimate of drug-likeness (QED) is 0.706. The predicted molar refractivity (Wildman–Crippen MR) is 70.7 cm³/mol. The lowest BCUT2D eigenvalue weighted by Gasteiger charge is -2.29.